The van der Waals surface area contributed by atoms with Gasteiger partial charge in [0, 0.05) is 7.05 Å². The third-order valence-corrected chi connectivity index (χ3v) is 2.71. The highest BCUT2D eigenvalue weighted by Crippen LogP contribution is 2.42. The van der Waals surface area contributed by atoms with E-state index in [1.807, 2.05) is 0 Å². The molecule has 0 spiro atoms. The fourth-order valence-corrected chi connectivity index (χ4v) is 1.63. The molecule has 0 aromatic heterocycles. The zero-order valence-corrected chi connectivity index (χ0v) is 9.13. The third kappa shape index (κ3) is 2.38. The molecule has 1 saturated heterocycles. The van der Waals surface area contributed by atoms with Crippen LogP contribution < -0.4 is 5.32 Å². The van der Waals surface area contributed by atoms with Crippen molar-refractivity contribution in [2.45, 2.75) is 44.8 Å². The molecular weight excluding hydrogens is 182 g/mol. The Balaban J connectivity index is 2.31. The molecule has 1 heterocycles. The Hall–Kier alpha value is -0.770. The summed E-state index contributed by atoms with van der Waals surface area (Å²) in [6, 6.07) is 0. The van der Waals surface area contributed by atoms with Gasteiger partial charge < -0.3 is 14.8 Å². The van der Waals surface area contributed by atoms with Crippen LogP contribution in [-0.4, -0.2) is 31.5 Å². The molecule has 1 aliphatic rings. The number of rotatable bonds is 5. The van der Waals surface area contributed by atoms with Gasteiger partial charge in [0.2, 0.25) is 0 Å². The molecule has 0 bridgehead atoms. The SMILES string of the molecule is CCCC1OC1(CC)COC(=O)NC. The summed E-state index contributed by atoms with van der Waals surface area (Å²) in [5, 5.41) is 2.42. The number of hydrogen-bond acceptors (Lipinski definition) is 3. The van der Waals surface area contributed by atoms with Crippen LogP contribution in [0.25, 0.3) is 0 Å². The smallest absolute Gasteiger partial charge is 0.406 e. The van der Waals surface area contributed by atoms with E-state index in [-0.39, 0.29) is 17.8 Å². The largest absolute Gasteiger partial charge is 0.446 e. The van der Waals surface area contributed by atoms with E-state index in [1.165, 1.54) is 0 Å². The van der Waals surface area contributed by atoms with Crippen LogP contribution in [0.5, 0.6) is 0 Å². The van der Waals surface area contributed by atoms with Crippen LogP contribution in [0.4, 0.5) is 4.79 Å². The quantitative estimate of drug-likeness (QED) is 0.689. The highest BCUT2D eigenvalue weighted by atomic mass is 16.6. The maximum atomic E-state index is 10.9. The molecule has 0 aromatic rings. The molecule has 4 heteroatoms. The van der Waals surface area contributed by atoms with Crippen LogP contribution >= 0.6 is 0 Å². The fraction of sp³-hybridized carbons (Fsp3) is 0.900. The van der Waals surface area contributed by atoms with Gasteiger partial charge in [0.15, 0.2) is 0 Å². The summed E-state index contributed by atoms with van der Waals surface area (Å²) in [6.45, 7) is 4.55. The van der Waals surface area contributed by atoms with E-state index >= 15 is 0 Å². The number of alkyl carbamates (subject to hydrolysis) is 1. The van der Waals surface area contributed by atoms with Gasteiger partial charge >= 0.3 is 6.09 Å². The van der Waals surface area contributed by atoms with Crippen molar-refractivity contribution >= 4 is 6.09 Å². The molecule has 1 N–H and O–H groups in total. The first-order chi connectivity index (χ1) is 6.68. The van der Waals surface area contributed by atoms with Crippen LogP contribution in [-0.2, 0) is 9.47 Å². The van der Waals surface area contributed by atoms with Crippen molar-refractivity contribution in [3.8, 4) is 0 Å². The van der Waals surface area contributed by atoms with Crippen LogP contribution in [0.2, 0.25) is 0 Å². The van der Waals surface area contributed by atoms with E-state index in [1.54, 1.807) is 7.05 Å². The minimum atomic E-state index is -0.386. The molecule has 1 aliphatic heterocycles. The molecular formula is C10H19NO3. The molecule has 4 nitrogen and oxygen atoms in total. The highest BCUT2D eigenvalue weighted by molar-refractivity contribution is 5.66. The fourth-order valence-electron chi connectivity index (χ4n) is 1.63. The normalized spacial score (nSPS) is 29.8. The Bertz CT molecular complexity index is 208. The van der Waals surface area contributed by atoms with Gasteiger partial charge in [0.05, 0.1) is 6.10 Å². The first kappa shape index (κ1) is 11.3. The monoisotopic (exact) mass is 201 g/mol. The van der Waals surface area contributed by atoms with Crippen molar-refractivity contribution in [2.24, 2.45) is 0 Å². The van der Waals surface area contributed by atoms with Gasteiger partial charge in [-0.1, -0.05) is 20.3 Å². The number of carbonyl (C=O) groups excluding carboxylic acids is 1. The van der Waals surface area contributed by atoms with E-state index in [4.69, 9.17) is 9.47 Å². The summed E-state index contributed by atoms with van der Waals surface area (Å²) in [5.41, 5.74) is -0.192. The van der Waals surface area contributed by atoms with Gasteiger partial charge in [0.25, 0.3) is 0 Å². The zero-order valence-electron chi connectivity index (χ0n) is 9.13. The van der Waals surface area contributed by atoms with Crippen molar-refractivity contribution in [2.75, 3.05) is 13.7 Å². The number of epoxide rings is 1. The molecule has 1 amide bonds. The topological polar surface area (TPSA) is 50.9 Å². The summed E-state index contributed by atoms with van der Waals surface area (Å²) < 4.78 is 10.6. The lowest BCUT2D eigenvalue weighted by molar-refractivity contribution is 0.110. The number of hydrogen-bond donors (Lipinski definition) is 1. The predicted octanol–water partition coefficient (Wildman–Crippen LogP) is 1.69. The molecule has 14 heavy (non-hydrogen) atoms. The third-order valence-electron chi connectivity index (χ3n) is 2.71. The maximum absolute atomic E-state index is 10.9. The van der Waals surface area contributed by atoms with Crippen molar-refractivity contribution < 1.29 is 14.3 Å². The second-order valence-electron chi connectivity index (χ2n) is 3.64. The molecule has 82 valence electrons. The lowest BCUT2D eigenvalue weighted by atomic mass is 10.0. The van der Waals surface area contributed by atoms with E-state index in [0.717, 1.165) is 19.3 Å². The Kier molecular flexibility index (Phi) is 3.75. The highest BCUT2D eigenvalue weighted by Gasteiger charge is 2.55. The average molecular weight is 201 g/mol. The first-order valence-corrected chi connectivity index (χ1v) is 5.20. The van der Waals surface area contributed by atoms with Crippen molar-refractivity contribution in [3.05, 3.63) is 0 Å². The maximum Gasteiger partial charge on any atom is 0.406 e. The van der Waals surface area contributed by atoms with Crippen LogP contribution in [0.1, 0.15) is 33.1 Å². The van der Waals surface area contributed by atoms with Crippen molar-refractivity contribution in [1.29, 1.82) is 0 Å². The van der Waals surface area contributed by atoms with E-state index in [2.05, 4.69) is 19.2 Å². The minimum absolute atomic E-state index is 0.192. The molecule has 1 rings (SSSR count). The second-order valence-corrected chi connectivity index (χ2v) is 3.64. The van der Waals surface area contributed by atoms with Gasteiger partial charge in [-0.25, -0.2) is 4.79 Å². The summed E-state index contributed by atoms with van der Waals surface area (Å²) in [7, 11) is 1.55. The Labute approximate surface area is 85.0 Å². The standard InChI is InChI=1S/C10H19NO3/c1-4-6-8-10(5-2,14-8)7-13-9(12)11-3/h8H,4-7H2,1-3H3,(H,11,12). The molecule has 0 saturated carbocycles. The lowest BCUT2D eigenvalue weighted by Crippen LogP contribution is -2.28. The Morgan fingerprint density at radius 2 is 2.29 bits per heavy atom. The lowest BCUT2D eigenvalue weighted by Gasteiger charge is -2.10. The van der Waals surface area contributed by atoms with Crippen LogP contribution in [0.3, 0.4) is 0 Å². The number of amides is 1. The van der Waals surface area contributed by atoms with Gasteiger partial charge in [-0.3, -0.25) is 0 Å². The second kappa shape index (κ2) is 4.64. The van der Waals surface area contributed by atoms with Crippen LogP contribution in [0, 0.1) is 0 Å². The summed E-state index contributed by atoms with van der Waals surface area (Å²) in [4.78, 5) is 10.9. The van der Waals surface area contributed by atoms with Gasteiger partial charge in [0.1, 0.15) is 12.2 Å². The number of ether oxygens (including phenoxy) is 2. The van der Waals surface area contributed by atoms with Gasteiger partial charge in [-0.15, -0.1) is 0 Å². The summed E-state index contributed by atoms with van der Waals surface area (Å²) >= 11 is 0. The zero-order chi connectivity index (χ0) is 10.6. The van der Waals surface area contributed by atoms with Gasteiger partial charge in [-0.05, 0) is 12.8 Å². The summed E-state index contributed by atoms with van der Waals surface area (Å²) in [6.07, 6.45) is 2.94. The van der Waals surface area contributed by atoms with E-state index in [0.29, 0.717) is 6.61 Å². The Morgan fingerprint density at radius 3 is 2.79 bits per heavy atom. The van der Waals surface area contributed by atoms with Crippen molar-refractivity contribution in [3.63, 3.8) is 0 Å². The molecule has 0 aliphatic carbocycles. The molecule has 0 aromatic carbocycles. The van der Waals surface area contributed by atoms with E-state index < -0.39 is 0 Å². The summed E-state index contributed by atoms with van der Waals surface area (Å²) in [5.74, 6) is 0. The van der Waals surface area contributed by atoms with Crippen LogP contribution in [0.15, 0.2) is 0 Å². The van der Waals surface area contributed by atoms with Crippen molar-refractivity contribution in [1.82, 2.24) is 5.32 Å². The molecule has 1 fully saturated rings. The predicted molar refractivity (Wildman–Crippen MR) is 53.2 cm³/mol. The molecule has 0 radical (unpaired) electrons. The number of nitrogens with one attached hydrogen (secondary N) is 1. The molecule has 2 unspecified atom stereocenters. The minimum Gasteiger partial charge on any atom is -0.446 e. The van der Waals surface area contributed by atoms with Gasteiger partial charge in [-0.2, -0.15) is 0 Å². The number of carbonyl (C=O) groups is 1. The Morgan fingerprint density at radius 1 is 1.57 bits per heavy atom. The average Bonchev–Trinajstić information content (AvgIpc) is 2.90. The molecule has 2 atom stereocenters. The van der Waals surface area contributed by atoms with E-state index in [9.17, 15) is 4.79 Å². The first-order valence-electron chi connectivity index (χ1n) is 5.20.